The predicted molar refractivity (Wildman–Crippen MR) is 78.9 cm³/mol. The predicted octanol–water partition coefficient (Wildman–Crippen LogP) is 4.07. The molecule has 0 atom stereocenters. The third kappa shape index (κ3) is 15.0. The van der Waals surface area contributed by atoms with E-state index in [1.807, 2.05) is 97.2 Å². The summed E-state index contributed by atoms with van der Waals surface area (Å²) in [4.78, 5) is 0. The van der Waals surface area contributed by atoms with Gasteiger partial charge >= 0.3 is 0 Å². The molecule has 85 valence electrons. The number of allylic oxidation sites excluding steroid dienone is 16. The Balaban J connectivity index is 0. The summed E-state index contributed by atoms with van der Waals surface area (Å²) in [5, 5.41) is 0. The first-order valence-electron chi connectivity index (χ1n) is 5.33. The van der Waals surface area contributed by atoms with Crippen LogP contribution in [-0.2, 0) is 0 Å². The van der Waals surface area contributed by atoms with E-state index in [0.717, 1.165) is 0 Å². The van der Waals surface area contributed by atoms with Gasteiger partial charge in [0.25, 0.3) is 0 Å². The minimum Gasteiger partial charge on any atom is -0.0623 e. The SMILES string of the molecule is C1=C\C=C/C=C\C=C/1.C1=C\C=C/C=C\C=C/1.[K].[Nd]. The molecule has 0 saturated carbocycles. The minimum atomic E-state index is 0. The van der Waals surface area contributed by atoms with E-state index in [4.69, 9.17) is 0 Å². The van der Waals surface area contributed by atoms with Crippen LogP contribution in [0.3, 0.4) is 0 Å². The van der Waals surface area contributed by atoms with Crippen molar-refractivity contribution >= 4 is 51.4 Å². The second kappa shape index (κ2) is 17.9. The molecule has 0 aromatic heterocycles. The summed E-state index contributed by atoms with van der Waals surface area (Å²) >= 11 is 0. The maximum atomic E-state index is 2.00. The number of hydrogen-bond donors (Lipinski definition) is 0. The van der Waals surface area contributed by atoms with Gasteiger partial charge in [-0.25, -0.2) is 0 Å². The summed E-state index contributed by atoms with van der Waals surface area (Å²) < 4.78 is 0. The van der Waals surface area contributed by atoms with E-state index in [0.29, 0.717) is 0 Å². The molecule has 0 heterocycles. The molecule has 0 aromatic carbocycles. The third-order valence-corrected chi connectivity index (χ3v) is 1.78. The molecule has 1 radical (unpaired) electrons. The van der Waals surface area contributed by atoms with E-state index in [1.165, 1.54) is 0 Å². The average Bonchev–Trinajstić information content (AvgIpc) is 2.15. The summed E-state index contributed by atoms with van der Waals surface area (Å²) in [5.74, 6) is 0. The summed E-state index contributed by atoms with van der Waals surface area (Å²) in [6, 6.07) is 0. The van der Waals surface area contributed by atoms with E-state index in [1.54, 1.807) is 0 Å². The monoisotopic (exact) mass is 389 g/mol. The average molecular weight is 392 g/mol. The zero-order chi connectivity index (χ0) is 11.3. The Morgan fingerprint density at radius 3 is 0.333 bits per heavy atom. The molecule has 0 spiro atoms. The second-order valence-electron chi connectivity index (χ2n) is 3.08. The molecule has 0 aliphatic heterocycles. The molecule has 0 amide bonds. The van der Waals surface area contributed by atoms with Crippen LogP contribution in [0.15, 0.2) is 97.2 Å². The molecule has 0 nitrogen and oxygen atoms in total. The van der Waals surface area contributed by atoms with Gasteiger partial charge in [-0.3, -0.25) is 0 Å². The zero-order valence-corrected chi connectivity index (χ0v) is 17.1. The Morgan fingerprint density at radius 1 is 0.222 bits per heavy atom. The minimum absolute atomic E-state index is 0. The van der Waals surface area contributed by atoms with E-state index in [2.05, 4.69) is 0 Å². The van der Waals surface area contributed by atoms with Gasteiger partial charge in [-0.2, -0.15) is 0 Å². The van der Waals surface area contributed by atoms with Crippen molar-refractivity contribution in [3.05, 3.63) is 97.2 Å². The molecule has 0 N–H and O–H groups in total. The van der Waals surface area contributed by atoms with E-state index < -0.39 is 0 Å². The molecule has 18 heavy (non-hydrogen) atoms. The van der Waals surface area contributed by atoms with E-state index in [-0.39, 0.29) is 92.2 Å². The van der Waals surface area contributed by atoms with Crippen LogP contribution in [0.1, 0.15) is 0 Å². The van der Waals surface area contributed by atoms with Crippen LogP contribution in [0.2, 0.25) is 0 Å². The first-order valence-corrected chi connectivity index (χ1v) is 5.33. The van der Waals surface area contributed by atoms with Crippen LogP contribution in [0, 0.1) is 40.8 Å². The van der Waals surface area contributed by atoms with Crippen molar-refractivity contribution < 1.29 is 40.8 Å². The van der Waals surface area contributed by atoms with Crippen LogP contribution in [-0.4, -0.2) is 51.4 Å². The number of hydrogen-bond acceptors (Lipinski definition) is 0. The van der Waals surface area contributed by atoms with Gasteiger partial charge in [-0.15, -0.1) is 0 Å². The van der Waals surface area contributed by atoms with E-state index in [9.17, 15) is 0 Å². The summed E-state index contributed by atoms with van der Waals surface area (Å²) in [5.41, 5.74) is 0. The van der Waals surface area contributed by atoms with Crippen molar-refractivity contribution in [2.24, 2.45) is 0 Å². The van der Waals surface area contributed by atoms with Crippen LogP contribution in [0.5, 0.6) is 0 Å². The summed E-state index contributed by atoms with van der Waals surface area (Å²) in [7, 11) is 0. The molecule has 2 heteroatoms. The molecule has 2 aliphatic carbocycles. The van der Waals surface area contributed by atoms with Gasteiger partial charge < -0.3 is 0 Å². The maximum Gasteiger partial charge on any atom is 0 e. The summed E-state index contributed by atoms with van der Waals surface area (Å²) in [6.07, 6.45) is 32.0. The quantitative estimate of drug-likeness (QED) is 0.546. The normalized spacial score (nSPS) is 28.4. The fourth-order valence-electron chi connectivity index (χ4n) is 1.03. The number of rotatable bonds is 0. The van der Waals surface area contributed by atoms with Gasteiger partial charge in [0.15, 0.2) is 0 Å². The molecule has 2 rings (SSSR count). The van der Waals surface area contributed by atoms with Crippen molar-refractivity contribution in [1.29, 1.82) is 0 Å². The second-order valence-corrected chi connectivity index (χ2v) is 3.08. The topological polar surface area (TPSA) is 0 Å². The standard InChI is InChI=1S/2C8H8.K.Nd/c2*1-2-4-6-8-7-5-3-1;;/h2*1-8H;;/b2*2-1-,3-1?,4-2?,5-3-,6-4-,7-5?,8-6?,8-7-;;. The van der Waals surface area contributed by atoms with Crippen molar-refractivity contribution in [2.45, 2.75) is 0 Å². The van der Waals surface area contributed by atoms with E-state index >= 15 is 0 Å². The van der Waals surface area contributed by atoms with Gasteiger partial charge in [-0.1, -0.05) is 97.2 Å². The van der Waals surface area contributed by atoms with Crippen LogP contribution in [0.25, 0.3) is 0 Å². The van der Waals surface area contributed by atoms with Gasteiger partial charge in [-0.05, 0) is 0 Å². The van der Waals surface area contributed by atoms with Crippen molar-refractivity contribution in [3.63, 3.8) is 0 Å². The Kier molecular flexibility index (Phi) is 21.1. The first kappa shape index (κ1) is 21.2. The molecule has 0 fully saturated rings. The molecule has 0 aromatic rings. The largest absolute Gasteiger partial charge is 0.0623 e. The van der Waals surface area contributed by atoms with Gasteiger partial charge in [0.1, 0.15) is 0 Å². The Hall–Kier alpha value is 0.907. The Labute approximate surface area is 186 Å². The molecule has 0 unspecified atom stereocenters. The Bertz CT molecular complexity index is 253. The van der Waals surface area contributed by atoms with Crippen molar-refractivity contribution in [2.75, 3.05) is 0 Å². The fourth-order valence-corrected chi connectivity index (χ4v) is 1.03. The molecule has 2 aliphatic rings. The molecule has 0 saturated heterocycles. The maximum absolute atomic E-state index is 2.00. The molecule has 0 bridgehead atoms. The molecular formula is C16H16KNd. The Morgan fingerprint density at radius 2 is 0.278 bits per heavy atom. The van der Waals surface area contributed by atoms with Crippen molar-refractivity contribution in [1.82, 2.24) is 0 Å². The van der Waals surface area contributed by atoms with Gasteiger partial charge in [0.05, 0.1) is 0 Å². The van der Waals surface area contributed by atoms with Crippen LogP contribution >= 0.6 is 0 Å². The third-order valence-electron chi connectivity index (χ3n) is 1.78. The van der Waals surface area contributed by atoms with Crippen LogP contribution in [0.4, 0.5) is 0 Å². The fraction of sp³-hybridized carbons (Fsp3) is 0. The van der Waals surface area contributed by atoms with Crippen LogP contribution < -0.4 is 0 Å². The van der Waals surface area contributed by atoms with Gasteiger partial charge in [0, 0.05) is 92.2 Å². The zero-order valence-electron chi connectivity index (χ0n) is 10.7. The molecular weight excluding hydrogens is 376 g/mol. The first-order chi connectivity index (χ1) is 8.00. The van der Waals surface area contributed by atoms with Gasteiger partial charge in [0.2, 0.25) is 0 Å². The van der Waals surface area contributed by atoms with Crippen molar-refractivity contribution in [3.8, 4) is 0 Å². The smallest absolute Gasteiger partial charge is 0 e. The summed E-state index contributed by atoms with van der Waals surface area (Å²) in [6.45, 7) is 0.